The average molecular weight is 199 g/mol. The van der Waals surface area contributed by atoms with E-state index in [1.165, 1.54) is 11.2 Å². The Morgan fingerprint density at radius 2 is 2.29 bits per heavy atom. The number of rotatable bonds is 5. The second kappa shape index (κ2) is 7.00. The van der Waals surface area contributed by atoms with Gasteiger partial charge in [0.25, 0.3) is 0 Å². The second-order valence-electron chi connectivity index (χ2n) is 2.60. The van der Waals surface area contributed by atoms with Crippen LogP contribution in [-0.4, -0.2) is 37.8 Å². The molecule has 0 aromatic rings. The van der Waals surface area contributed by atoms with Gasteiger partial charge in [-0.1, -0.05) is 6.08 Å². The second-order valence-corrected chi connectivity index (χ2v) is 2.60. The van der Waals surface area contributed by atoms with Crippen LogP contribution in [-0.2, 0) is 9.47 Å². The Balaban J connectivity index is 4.29. The number of ether oxygens (including phenoxy) is 2. The average Bonchev–Trinajstić information content (AvgIpc) is 2.19. The minimum atomic E-state index is -0.377. The van der Waals surface area contributed by atoms with E-state index in [0.717, 1.165) is 0 Å². The van der Waals surface area contributed by atoms with Crippen molar-refractivity contribution in [3.63, 3.8) is 0 Å². The third kappa shape index (κ3) is 3.98. The molecule has 1 unspecified atom stereocenters. The third-order valence-electron chi connectivity index (χ3n) is 1.66. The molecular weight excluding hydrogens is 182 g/mol. The standard InChI is InChI=1S/C10H17NO3/c1-5-9(7-8-13-4)11(3)10(12)14-6-2/h5,7-9H,1,6H2,2-4H3/b8-7+. The molecule has 0 heterocycles. The first-order valence-electron chi connectivity index (χ1n) is 4.39. The van der Waals surface area contributed by atoms with Crippen molar-refractivity contribution in [1.29, 1.82) is 0 Å². The van der Waals surface area contributed by atoms with Gasteiger partial charge < -0.3 is 14.4 Å². The molecule has 0 aliphatic heterocycles. The van der Waals surface area contributed by atoms with Crippen LogP contribution in [0.1, 0.15) is 6.92 Å². The summed E-state index contributed by atoms with van der Waals surface area (Å²) in [7, 11) is 3.19. The maximum atomic E-state index is 11.3. The maximum Gasteiger partial charge on any atom is 0.410 e. The summed E-state index contributed by atoms with van der Waals surface area (Å²) in [5.41, 5.74) is 0. The van der Waals surface area contributed by atoms with Crippen LogP contribution in [0.5, 0.6) is 0 Å². The Labute approximate surface area is 84.8 Å². The zero-order chi connectivity index (χ0) is 11.0. The minimum Gasteiger partial charge on any atom is -0.505 e. The van der Waals surface area contributed by atoms with E-state index in [4.69, 9.17) is 9.47 Å². The van der Waals surface area contributed by atoms with Gasteiger partial charge in [-0.05, 0) is 13.0 Å². The molecule has 0 bridgehead atoms. The van der Waals surface area contributed by atoms with E-state index < -0.39 is 0 Å². The molecule has 0 rings (SSSR count). The fourth-order valence-corrected chi connectivity index (χ4v) is 0.872. The van der Waals surface area contributed by atoms with E-state index in [0.29, 0.717) is 6.61 Å². The van der Waals surface area contributed by atoms with Crippen molar-refractivity contribution < 1.29 is 14.3 Å². The molecule has 1 atom stereocenters. The fraction of sp³-hybridized carbons (Fsp3) is 0.500. The molecule has 0 fully saturated rings. The van der Waals surface area contributed by atoms with E-state index in [9.17, 15) is 4.79 Å². The maximum absolute atomic E-state index is 11.3. The van der Waals surface area contributed by atoms with E-state index in [1.807, 2.05) is 0 Å². The SMILES string of the molecule is C=CC(/C=C/OC)N(C)C(=O)OCC. The van der Waals surface area contributed by atoms with Crippen LogP contribution in [0.2, 0.25) is 0 Å². The topological polar surface area (TPSA) is 38.8 Å². The highest BCUT2D eigenvalue weighted by Gasteiger charge is 2.15. The zero-order valence-electron chi connectivity index (χ0n) is 8.90. The van der Waals surface area contributed by atoms with Gasteiger partial charge in [-0.3, -0.25) is 0 Å². The molecule has 0 N–H and O–H groups in total. The smallest absolute Gasteiger partial charge is 0.410 e. The van der Waals surface area contributed by atoms with Gasteiger partial charge >= 0.3 is 6.09 Å². The van der Waals surface area contributed by atoms with Crippen LogP contribution in [0.25, 0.3) is 0 Å². The van der Waals surface area contributed by atoms with Crippen LogP contribution in [0, 0.1) is 0 Å². The number of carbonyl (C=O) groups is 1. The van der Waals surface area contributed by atoms with Crippen molar-refractivity contribution in [2.75, 3.05) is 20.8 Å². The summed E-state index contributed by atoms with van der Waals surface area (Å²) in [5.74, 6) is 0. The third-order valence-corrected chi connectivity index (χ3v) is 1.66. The molecule has 0 aliphatic carbocycles. The van der Waals surface area contributed by atoms with E-state index in [2.05, 4.69) is 6.58 Å². The lowest BCUT2D eigenvalue weighted by molar-refractivity contribution is 0.113. The molecule has 0 saturated heterocycles. The number of hydrogen-bond acceptors (Lipinski definition) is 3. The van der Waals surface area contributed by atoms with Crippen molar-refractivity contribution in [3.8, 4) is 0 Å². The highest BCUT2D eigenvalue weighted by atomic mass is 16.6. The van der Waals surface area contributed by atoms with Crippen LogP contribution < -0.4 is 0 Å². The van der Waals surface area contributed by atoms with Gasteiger partial charge in [-0.15, -0.1) is 6.58 Å². The van der Waals surface area contributed by atoms with Crippen molar-refractivity contribution in [3.05, 3.63) is 25.0 Å². The lowest BCUT2D eigenvalue weighted by atomic mass is 10.2. The van der Waals surface area contributed by atoms with E-state index in [1.54, 1.807) is 33.2 Å². The molecule has 0 saturated carbocycles. The number of carbonyl (C=O) groups excluding carboxylic acids is 1. The monoisotopic (exact) mass is 199 g/mol. The van der Waals surface area contributed by atoms with Gasteiger partial charge in [-0.25, -0.2) is 4.79 Å². The van der Waals surface area contributed by atoms with E-state index in [-0.39, 0.29) is 12.1 Å². The molecule has 14 heavy (non-hydrogen) atoms. The summed E-state index contributed by atoms with van der Waals surface area (Å²) in [5, 5.41) is 0. The summed E-state index contributed by atoms with van der Waals surface area (Å²) in [6.07, 6.45) is 4.47. The van der Waals surface area contributed by atoms with Crippen molar-refractivity contribution >= 4 is 6.09 Å². The molecule has 4 heteroatoms. The van der Waals surface area contributed by atoms with Gasteiger partial charge in [0, 0.05) is 7.05 Å². The highest BCUT2D eigenvalue weighted by Crippen LogP contribution is 2.02. The molecular formula is C10H17NO3. The Morgan fingerprint density at radius 3 is 2.71 bits per heavy atom. The molecule has 4 nitrogen and oxygen atoms in total. The fourth-order valence-electron chi connectivity index (χ4n) is 0.872. The van der Waals surface area contributed by atoms with Gasteiger partial charge in [0.05, 0.1) is 26.0 Å². The first kappa shape index (κ1) is 12.6. The number of likely N-dealkylation sites (N-methyl/N-ethyl adjacent to an activating group) is 1. The highest BCUT2D eigenvalue weighted by molar-refractivity contribution is 5.68. The number of methoxy groups -OCH3 is 1. The zero-order valence-corrected chi connectivity index (χ0v) is 8.90. The first-order valence-corrected chi connectivity index (χ1v) is 4.39. The van der Waals surface area contributed by atoms with Gasteiger partial charge in [0.1, 0.15) is 0 Å². The molecule has 0 aliphatic rings. The molecule has 0 aromatic heterocycles. The summed E-state index contributed by atoms with van der Waals surface area (Å²) in [6, 6.07) is -0.214. The van der Waals surface area contributed by atoms with Crippen molar-refractivity contribution in [2.24, 2.45) is 0 Å². The normalized spacial score (nSPS) is 12.2. The predicted octanol–water partition coefficient (Wildman–Crippen LogP) is 1.79. The van der Waals surface area contributed by atoms with Gasteiger partial charge in [0.15, 0.2) is 0 Å². The van der Waals surface area contributed by atoms with E-state index >= 15 is 0 Å². The van der Waals surface area contributed by atoms with Crippen LogP contribution in [0.4, 0.5) is 4.79 Å². The minimum absolute atomic E-state index is 0.214. The van der Waals surface area contributed by atoms with Gasteiger partial charge in [-0.2, -0.15) is 0 Å². The summed E-state index contributed by atoms with van der Waals surface area (Å²) in [4.78, 5) is 12.7. The summed E-state index contributed by atoms with van der Waals surface area (Å²) >= 11 is 0. The number of amides is 1. The Hall–Kier alpha value is -1.45. The molecule has 0 spiro atoms. The molecule has 80 valence electrons. The van der Waals surface area contributed by atoms with Crippen LogP contribution in [0.3, 0.4) is 0 Å². The van der Waals surface area contributed by atoms with Crippen LogP contribution >= 0.6 is 0 Å². The largest absolute Gasteiger partial charge is 0.505 e. The number of hydrogen-bond donors (Lipinski definition) is 0. The predicted molar refractivity (Wildman–Crippen MR) is 54.9 cm³/mol. The molecule has 0 aromatic carbocycles. The first-order chi connectivity index (χ1) is 6.67. The van der Waals surface area contributed by atoms with Crippen molar-refractivity contribution in [2.45, 2.75) is 13.0 Å². The Kier molecular flexibility index (Phi) is 6.28. The van der Waals surface area contributed by atoms with Crippen molar-refractivity contribution in [1.82, 2.24) is 4.90 Å². The molecule has 0 radical (unpaired) electrons. The Bertz CT molecular complexity index is 213. The van der Waals surface area contributed by atoms with Crippen LogP contribution in [0.15, 0.2) is 25.0 Å². The Morgan fingerprint density at radius 1 is 1.64 bits per heavy atom. The molecule has 1 amide bonds. The lowest BCUT2D eigenvalue weighted by Gasteiger charge is -2.21. The summed E-state index contributed by atoms with van der Waals surface area (Å²) in [6.45, 7) is 5.75. The number of nitrogens with zero attached hydrogens (tertiary/aromatic N) is 1. The quantitative estimate of drug-likeness (QED) is 0.500. The lowest BCUT2D eigenvalue weighted by Crippen LogP contribution is -2.34. The van der Waals surface area contributed by atoms with Gasteiger partial charge in [0.2, 0.25) is 0 Å². The summed E-state index contributed by atoms with van der Waals surface area (Å²) < 4.78 is 9.59.